The summed E-state index contributed by atoms with van der Waals surface area (Å²) in [5.41, 5.74) is 4.48. The molecular weight excluding hydrogens is 484 g/mol. The Morgan fingerprint density at radius 1 is 1.29 bits per heavy atom. The van der Waals surface area contributed by atoms with Crippen molar-refractivity contribution < 1.29 is 9.21 Å². The van der Waals surface area contributed by atoms with Crippen molar-refractivity contribution in [3.05, 3.63) is 65.3 Å². The number of carbonyl (C=O) groups excluding carboxylic acids is 1. The van der Waals surface area contributed by atoms with E-state index >= 15 is 0 Å². The quantitative estimate of drug-likeness (QED) is 0.349. The average Bonchev–Trinajstić information content (AvgIpc) is 3.53. The van der Waals surface area contributed by atoms with E-state index in [9.17, 15) is 10.1 Å². The van der Waals surface area contributed by atoms with Crippen molar-refractivity contribution in [1.82, 2.24) is 40.6 Å². The number of H-pyrrole nitrogens is 1. The third-order valence-electron chi connectivity index (χ3n) is 6.53. The monoisotopic (exact) mass is 512 g/mol. The van der Waals surface area contributed by atoms with Crippen LogP contribution in [-0.4, -0.2) is 54.8 Å². The number of nitrogens with zero attached hydrogens (tertiary/aromatic N) is 7. The van der Waals surface area contributed by atoms with E-state index in [4.69, 9.17) is 4.42 Å². The Kier molecular flexibility index (Phi) is 6.61. The number of rotatable bonds is 6. The van der Waals surface area contributed by atoms with Crippen molar-refractivity contribution in [3.8, 4) is 17.3 Å². The van der Waals surface area contributed by atoms with Crippen LogP contribution < -0.4 is 10.6 Å². The highest BCUT2D eigenvalue weighted by molar-refractivity contribution is 5.89. The van der Waals surface area contributed by atoms with Crippen LogP contribution >= 0.6 is 0 Å². The molecule has 194 valence electrons. The Hall–Kier alpha value is -4.63. The lowest BCUT2D eigenvalue weighted by Crippen LogP contribution is -2.30. The Morgan fingerprint density at radius 3 is 2.89 bits per heavy atom. The van der Waals surface area contributed by atoms with E-state index in [-0.39, 0.29) is 17.8 Å². The van der Waals surface area contributed by atoms with Gasteiger partial charge in [-0.05, 0) is 57.5 Å². The van der Waals surface area contributed by atoms with Crippen LogP contribution in [0.2, 0.25) is 0 Å². The molecule has 1 atom stereocenters. The molecule has 0 radical (unpaired) electrons. The summed E-state index contributed by atoms with van der Waals surface area (Å²) in [6.45, 7) is 6.72. The predicted molar refractivity (Wildman–Crippen MR) is 138 cm³/mol. The maximum absolute atomic E-state index is 13.0. The van der Waals surface area contributed by atoms with Crippen LogP contribution in [0.5, 0.6) is 0 Å². The van der Waals surface area contributed by atoms with Gasteiger partial charge in [0.05, 0.1) is 29.2 Å². The smallest absolute Gasteiger partial charge is 0.309 e. The van der Waals surface area contributed by atoms with Crippen LogP contribution in [0.15, 0.2) is 41.1 Å². The van der Waals surface area contributed by atoms with Crippen LogP contribution in [0, 0.1) is 18.3 Å². The fourth-order valence-electron chi connectivity index (χ4n) is 4.29. The minimum atomic E-state index is -0.979. The van der Waals surface area contributed by atoms with Crippen LogP contribution in [0.4, 0.5) is 11.6 Å². The van der Waals surface area contributed by atoms with Crippen molar-refractivity contribution in [2.45, 2.75) is 45.2 Å². The summed E-state index contributed by atoms with van der Waals surface area (Å²) < 4.78 is 5.52. The number of fused-ring (bicyclic) bond motifs is 1. The van der Waals surface area contributed by atoms with Crippen molar-refractivity contribution in [2.75, 3.05) is 18.9 Å². The molecule has 0 bridgehead atoms. The molecule has 0 spiro atoms. The van der Waals surface area contributed by atoms with Crippen molar-refractivity contribution >= 4 is 17.5 Å². The van der Waals surface area contributed by atoms with Crippen LogP contribution in [0.25, 0.3) is 11.3 Å². The highest BCUT2D eigenvalue weighted by atomic mass is 16.4. The average molecular weight is 513 g/mol. The van der Waals surface area contributed by atoms with Crippen LogP contribution in [0.1, 0.15) is 59.7 Å². The first-order valence-electron chi connectivity index (χ1n) is 12.2. The standard InChI is InChI=1S/C26H28N10O2/c1-15-21(12-29-33-15)32-25-28-9-7-19(31-25)16-5-6-18-17(11-16)13-36(4)10-8-20(18)30-22(37)23-34-35-24(38-23)26(2,3)14-27/h5-7,9,11-12,20H,8,10,13H2,1-4H3,(H,29,33)(H,30,37)(H,28,31,32). The minimum absolute atomic E-state index is 0.109. The molecule has 1 aromatic carbocycles. The first kappa shape index (κ1) is 25.0. The van der Waals surface area contributed by atoms with E-state index < -0.39 is 11.3 Å². The van der Waals surface area contributed by atoms with Gasteiger partial charge in [-0.25, -0.2) is 9.97 Å². The second-order valence-electron chi connectivity index (χ2n) is 9.89. The molecule has 3 N–H and O–H groups in total. The van der Waals surface area contributed by atoms with Gasteiger partial charge in [-0.15, -0.1) is 10.2 Å². The van der Waals surface area contributed by atoms with Crippen molar-refractivity contribution in [2.24, 2.45) is 0 Å². The topological polar surface area (TPSA) is 162 Å². The van der Waals surface area contributed by atoms with E-state index in [0.29, 0.717) is 12.4 Å². The van der Waals surface area contributed by atoms with Gasteiger partial charge < -0.3 is 20.0 Å². The molecule has 4 aromatic rings. The zero-order valence-electron chi connectivity index (χ0n) is 21.6. The maximum Gasteiger partial charge on any atom is 0.309 e. The van der Waals surface area contributed by atoms with Gasteiger partial charge in [0.25, 0.3) is 0 Å². The molecule has 38 heavy (non-hydrogen) atoms. The molecule has 1 amide bonds. The van der Waals surface area contributed by atoms with Gasteiger partial charge in [0, 0.05) is 31.0 Å². The number of aromatic nitrogens is 6. The molecule has 0 saturated carbocycles. The first-order chi connectivity index (χ1) is 18.2. The number of aryl methyl sites for hydroxylation is 1. The number of amides is 1. The Morgan fingerprint density at radius 2 is 2.13 bits per heavy atom. The lowest BCUT2D eigenvalue weighted by Gasteiger charge is -2.19. The maximum atomic E-state index is 13.0. The summed E-state index contributed by atoms with van der Waals surface area (Å²) in [7, 11) is 2.05. The Bertz CT molecular complexity index is 1520. The van der Waals surface area contributed by atoms with Gasteiger partial charge >= 0.3 is 11.8 Å². The third-order valence-corrected chi connectivity index (χ3v) is 6.53. The van der Waals surface area contributed by atoms with Crippen molar-refractivity contribution in [1.29, 1.82) is 5.26 Å². The van der Waals surface area contributed by atoms with Gasteiger partial charge in [-0.1, -0.05) is 12.1 Å². The molecule has 0 saturated heterocycles. The van der Waals surface area contributed by atoms with Crippen LogP contribution in [-0.2, 0) is 12.0 Å². The number of aromatic amines is 1. The van der Waals surface area contributed by atoms with Gasteiger partial charge in [-0.2, -0.15) is 10.4 Å². The number of hydrogen-bond donors (Lipinski definition) is 3. The number of nitriles is 1. The molecule has 1 aliphatic heterocycles. The Labute approximate surface area is 219 Å². The molecule has 0 fully saturated rings. The molecule has 1 aliphatic rings. The highest BCUT2D eigenvalue weighted by Gasteiger charge is 2.30. The van der Waals surface area contributed by atoms with Gasteiger partial charge in [0.1, 0.15) is 5.41 Å². The molecular formula is C26H28N10O2. The van der Waals surface area contributed by atoms with E-state index in [1.54, 1.807) is 26.2 Å². The molecule has 3 aromatic heterocycles. The molecule has 12 heteroatoms. The minimum Gasteiger partial charge on any atom is -0.415 e. The summed E-state index contributed by atoms with van der Waals surface area (Å²) in [4.78, 5) is 24.2. The molecule has 1 unspecified atom stereocenters. The summed E-state index contributed by atoms with van der Waals surface area (Å²) in [5, 5.41) is 30.2. The molecule has 0 aliphatic carbocycles. The molecule has 5 rings (SSSR count). The highest BCUT2D eigenvalue weighted by Crippen LogP contribution is 2.31. The van der Waals surface area contributed by atoms with E-state index in [2.05, 4.69) is 65.1 Å². The van der Waals surface area contributed by atoms with E-state index in [1.165, 1.54) is 0 Å². The Balaban J connectivity index is 1.39. The summed E-state index contributed by atoms with van der Waals surface area (Å²) in [6, 6.07) is 9.85. The summed E-state index contributed by atoms with van der Waals surface area (Å²) in [6.07, 6.45) is 4.19. The van der Waals surface area contributed by atoms with Gasteiger partial charge in [0.2, 0.25) is 11.8 Å². The predicted octanol–water partition coefficient (Wildman–Crippen LogP) is 3.41. The van der Waals surface area contributed by atoms with Crippen LogP contribution in [0.3, 0.4) is 0 Å². The number of carbonyl (C=O) groups is 1. The largest absolute Gasteiger partial charge is 0.415 e. The normalized spacial score (nSPS) is 15.8. The lowest BCUT2D eigenvalue weighted by molar-refractivity contribution is 0.0895. The number of anilines is 2. The summed E-state index contributed by atoms with van der Waals surface area (Å²) in [5.74, 6) is -0.0452. The first-order valence-corrected chi connectivity index (χ1v) is 12.2. The number of hydrogen-bond acceptors (Lipinski definition) is 10. The van der Waals surface area contributed by atoms with E-state index in [1.807, 2.05) is 25.1 Å². The third kappa shape index (κ3) is 5.09. The zero-order valence-corrected chi connectivity index (χ0v) is 21.6. The van der Waals surface area contributed by atoms with Gasteiger partial charge in [0.15, 0.2) is 0 Å². The SMILES string of the molecule is Cc1n[nH]cc1Nc1nccc(-c2ccc3c(c2)CN(C)CCC3NC(=O)c2nnc(C(C)(C)C#N)o2)n1. The fraction of sp³-hybridized carbons (Fsp3) is 0.346. The summed E-state index contributed by atoms with van der Waals surface area (Å²) >= 11 is 0. The molecule has 12 nitrogen and oxygen atoms in total. The lowest BCUT2D eigenvalue weighted by atomic mass is 9.96. The number of nitrogens with one attached hydrogen (secondary N) is 3. The zero-order chi connectivity index (χ0) is 26.9. The second kappa shape index (κ2) is 10.0. The van der Waals surface area contributed by atoms with E-state index in [0.717, 1.165) is 46.9 Å². The van der Waals surface area contributed by atoms with Gasteiger partial charge in [-0.3, -0.25) is 9.89 Å². The number of benzene rings is 1. The van der Waals surface area contributed by atoms with Crippen molar-refractivity contribution in [3.63, 3.8) is 0 Å². The second-order valence-corrected chi connectivity index (χ2v) is 9.89. The molecule has 4 heterocycles. The fourth-order valence-corrected chi connectivity index (χ4v) is 4.29.